The van der Waals surface area contributed by atoms with Gasteiger partial charge < -0.3 is 14.4 Å². The number of thioether (sulfide) groups is 2. The first-order chi connectivity index (χ1) is 22.2. The lowest BCUT2D eigenvalue weighted by molar-refractivity contribution is 0.0685. The minimum absolute atomic E-state index is 0.163. The maximum Gasteiger partial charge on any atom is 0.352 e. The Kier molecular flexibility index (Phi) is 8.06. The summed E-state index contributed by atoms with van der Waals surface area (Å²) in [6, 6.07) is 17.8. The van der Waals surface area contributed by atoms with Gasteiger partial charge in [0, 0.05) is 76.6 Å². The molecule has 7 rings (SSSR count). The molecule has 1 aliphatic rings. The summed E-state index contributed by atoms with van der Waals surface area (Å²) in [6.45, 7) is 2.33. The summed E-state index contributed by atoms with van der Waals surface area (Å²) in [4.78, 5) is 13.8. The monoisotopic (exact) mass is 655 g/mol. The van der Waals surface area contributed by atoms with Crippen LogP contribution in [0, 0.1) is 12.7 Å². The van der Waals surface area contributed by atoms with E-state index in [4.69, 9.17) is 14.9 Å². The average molecular weight is 656 g/mol. The number of nitrogens with zero attached hydrogens (tertiary/aromatic N) is 5. The molecule has 0 spiro atoms. The molecule has 0 saturated carbocycles. The highest BCUT2D eigenvalue weighted by Crippen LogP contribution is 2.41. The molecule has 0 fully saturated rings. The number of aromatic nitrogens is 5. The number of aromatic carboxylic acids is 1. The molecule has 11 heteroatoms. The molecule has 0 unspecified atom stereocenters. The predicted molar refractivity (Wildman–Crippen MR) is 182 cm³/mol. The molecule has 0 amide bonds. The van der Waals surface area contributed by atoms with Gasteiger partial charge in [-0.15, -0.1) is 23.5 Å². The van der Waals surface area contributed by atoms with Gasteiger partial charge in [0.25, 0.3) is 0 Å². The van der Waals surface area contributed by atoms with Gasteiger partial charge >= 0.3 is 5.97 Å². The van der Waals surface area contributed by atoms with Crippen molar-refractivity contribution in [1.82, 2.24) is 24.1 Å². The van der Waals surface area contributed by atoms with Gasteiger partial charge in [-0.05, 0) is 61.0 Å². The fourth-order valence-corrected chi connectivity index (χ4v) is 8.37. The lowest BCUT2D eigenvalue weighted by Gasteiger charge is -2.12. The number of fused-ring (bicyclic) bond motifs is 8. The Morgan fingerprint density at radius 3 is 2.61 bits per heavy atom. The van der Waals surface area contributed by atoms with E-state index >= 15 is 4.39 Å². The van der Waals surface area contributed by atoms with Gasteiger partial charge in [-0.1, -0.05) is 24.3 Å². The summed E-state index contributed by atoms with van der Waals surface area (Å²) < 4.78 is 27.7. The van der Waals surface area contributed by atoms with Crippen molar-refractivity contribution < 1.29 is 19.0 Å². The molecule has 6 aromatic rings. The van der Waals surface area contributed by atoms with Crippen molar-refractivity contribution in [3.05, 3.63) is 94.4 Å². The van der Waals surface area contributed by atoms with Crippen LogP contribution in [0.3, 0.4) is 0 Å². The maximum atomic E-state index is 16.0. The van der Waals surface area contributed by atoms with Gasteiger partial charge in [-0.2, -0.15) is 10.2 Å². The number of hydrogen-bond donors (Lipinski definition) is 1. The zero-order chi connectivity index (χ0) is 32.1. The number of ether oxygens (including phenoxy) is 1. The van der Waals surface area contributed by atoms with Crippen LogP contribution in [0.2, 0.25) is 0 Å². The molecular formula is C35H34FN5O3S2. The largest absolute Gasteiger partial charge is 0.493 e. The van der Waals surface area contributed by atoms with E-state index in [0.717, 1.165) is 55.3 Å². The number of aryl methyl sites for hydroxylation is 4. The van der Waals surface area contributed by atoms with Crippen molar-refractivity contribution >= 4 is 51.2 Å². The number of benzene rings is 3. The van der Waals surface area contributed by atoms with Crippen LogP contribution in [0.5, 0.6) is 5.75 Å². The quantitative estimate of drug-likeness (QED) is 0.195. The summed E-state index contributed by atoms with van der Waals surface area (Å²) in [5.74, 6) is 1.33. The van der Waals surface area contributed by atoms with E-state index in [1.54, 1.807) is 45.9 Å². The van der Waals surface area contributed by atoms with Gasteiger partial charge in [0.1, 0.15) is 17.3 Å². The molecule has 0 atom stereocenters. The van der Waals surface area contributed by atoms with Crippen molar-refractivity contribution in [1.29, 1.82) is 0 Å². The second-order valence-corrected chi connectivity index (χ2v) is 13.7. The Morgan fingerprint density at radius 1 is 0.957 bits per heavy atom. The van der Waals surface area contributed by atoms with Crippen LogP contribution in [0.25, 0.3) is 32.8 Å². The van der Waals surface area contributed by atoms with E-state index in [2.05, 4.69) is 30.3 Å². The maximum absolute atomic E-state index is 16.0. The Hall–Kier alpha value is -4.22. The third-order valence-electron chi connectivity index (χ3n) is 8.80. The molecule has 8 nitrogen and oxygen atoms in total. The van der Waals surface area contributed by atoms with E-state index in [1.165, 1.54) is 6.07 Å². The third kappa shape index (κ3) is 5.35. The third-order valence-corrected chi connectivity index (χ3v) is 10.8. The molecule has 236 valence electrons. The SMILES string of the molecule is Cc1c2c(nn1C)CSCc1cc(n(C)n1)CSc1cc(c3ccccc3c1)OCCCc1c(C(=O)O)n(C)c3c-2c(F)ccc13. The molecule has 0 radical (unpaired) electrons. The minimum atomic E-state index is -1.04. The first-order valence-electron chi connectivity index (χ1n) is 15.1. The van der Waals surface area contributed by atoms with E-state index in [9.17, 15) is 9.90 Å². The summed E-state index contributed by atoms with van der Waals surface area (Å²) in [7, 11) is 5.54. The highest BCUT2D eigenvalue weighted by atomic mass is 32.2. The van der Waals surface area contributed by atoms with Crippen LogP contribution in [-0.2, 0) is 44.8 Å². The fourth-order valence-electron chi connectivity index (χ4n) is 6.54. The van der Waals surface area contributed by atoms with Gasteiger partial charge in [-0.3, -0.25) is 9.36 Å². The average Bonchev–Trinajstić information content (AvgIpc) is 3.63. The molecule has 0 aliphatic carbocycles. The topological polar surface area (TPSA) is 87.1 Å². The lowest BCUT2D eigenvalue weighted by Crippen LogP contribution is -2.09. The van der Waals surface area contributed by atoms with Crippen LogP contribution in [0.4, 0.5) is 4.39 Å². The Bertz CT molecular complexity index is 2150. The molecule has 1 N–H and O–H groups in total. The van der Waals surface area contributed by atoms with Crippen molar-refractivity contribution in [2.45, 2.75) is 41.9 Å². The first kappa shape index (κ1) is 30.4. The lowest BCUT2D eigenvalue weighted by atomic mass is 9.98. The Labute approximate surface area is 274 Å². The number of carboxylic acids is 1. The smallest absolute Gasteiger partial charge is 0.352 e. The highest BCUT2D eigenvalue weighted by molar-refractivity contribution is 7.98. The molecule has 1 aliphatic heterocycles. The van der Waals surface area contributed by atoms with E-state index in [1.807, 2.05) is 37.8 Å². The minimum Gasteiger partial charge on any atom is -0.493 e. The van der Waals surface area contributed by atoms with Crippen LogP contribution < -0.4 is 4.74 Å². The van der Waals surface area contributed by atoms with E-state index in [0.29, 0.717) is 53.2 Å². The molecule has 46 heavy (non-hydrogen) atoms. The number of hydrogen-bond acceptors (Lipinski definition) is 6. The zero-order valence-corrected chi connectivity index (χ0v) is 27.8. The van der Waals surface area contributed by atoms with Crippen LogP contribution >= 0.6 is 23.5 Å². The van der Waals surface area contributed by atoms with Gasteiger partial charge in [0.15, 0.2) is 0 Å². The Morgan fingerprint density at radius 2 is 1.78 bits per heavy atom. The summed E-state index contributed by atoms with van der Waals surface area (Å²) in [5, 5.41) is 22.8. The zero-order valence-electron chi connectivity index (χ0n) is 26.1. The van der Waals surface area contributed by atoms with E-state index < -0.39 is 11.8 Å². The van der Waals surface area contributed by atoms with Crippen LogP contribution in [-0.4, -0.2) is 41.8 Å². The van der Waals surface area contributed by atoms with Crippen molar-refractivity contribution in [3.8, 4) is 16.9 Å². The first-order valence-corrected chi connectivity index (χ1v) is 17.3. The van der Waals surface area contributed by atoms with Gasteiger partial charge in [0.2, 0.25) is 0 Å². The molecule has 8 bridgehead atoms. The highest BCUT2D eigenvalue weighted by Gasteiger charge is 2.28. The fraction of sp³-hybridized carbons (Fsp3) is 0.286. The van der Waals surface area contributed by atoms with Crippen molar-refractivity contribution in [2.24, 2.45) is 21.1 Å². The van der Waals surface area contributed by atoms with Gasteiger partial charge in [-0.25, -0.2) is 9.18 Å². The second-order valence-electron chi connectivity index (χ2n) is 11.7. The molecule has 3 aromatic carbocycles. The number of halogens is 1. The van der Waals surface area contributed by atoms with Crippen molar-refractivity contribution in [3.63, 3.8) is 0 Å². The number of carboxylic acid groups (broad SMARTS) is 1. The van der Waals surface area contributed by atoms with Crippen LogP contribution in [0.1, 0.15) is 45.2 Å². The normalized spacial score (nSPS) is 14.3. The molecule has 4 heterocycles. The van der Waals surface area contributed by atoms with Crippen LogP contribution in [0.15, 0.2) is 59.5 Å². The van der Waals surface area contributed by atoms with Crippen molar-refractivity contribution in [2.75, 3.05) is 6.61 Å². The molecule has 3 aromatic heterocycles. The standard InChI is InChI=1S/C35H34FN5O3S2/c1-20-31-29(38-40(20)3)19-45-17-22-15-23(41(4)37-22)18-46-24-14-21-8-5-6-9-25(21)30(16-24)44-13-7-10-26-27-11-12-28(36)32(31)33(27)39(2)34(26)35(42)43/h5-6,8-9,11-12,14-16H,7,10,13,17-19H2,1-4H3,(H,42,43). The number of carbonyl (C=O) groups is 1. The van der Waals surface area contributed by atoms with E-state index in [-0.39, 0.29) is 5.69 Å². The predicted octanol–water partition coefficient (Wildman–Crippen LogP) is 7.66. The summed E-state index contributed by atoms with van der Waals surface area (Å²) in [5.41, 5.74) is 6.17. The van der Waals surface area contributed by atoms with Gasteiger partial charge in [0.05, 0.1) is 23.5 Å². The summed E-state index contributed by atoms with van der Waals surface area (Å²) in [6.07, 6.45) is 1.05. The number of rotatable bonds is 1. The summed E-state index contributed by atoms with van der Waals surface area (Å²) >= 11 is 3.42. The molecule has 0 saturated heterocycles. The second kappa shape index (κ2) is 12.2. The molecular weight excluding hydrogens is 622 g/mol. The Balaban J connectivity index is 1.36.